The van der Waals surface area contributed by atoms with Crippen LogP contribution in [0.3, 0.4) is 0 Å². The zero-order valence-electron chi connectivity index (χ0n) is 10.4. The first-order chi connectivity index (χ1) is 7.84. The second kappa shape index (κ2) is 7.70. The summed E-state index contributed by atoms with van der Waals surface area (Å²) in [6.07, 6.45) is 2.52. The molecule has 0 bridgehead atoms. The van der Waals surface area contributed by atoms with Crippen LogP contribution in [0.5, 0.6) is 0 Å². The maximum atomic E-state index is 5.77. The van der Waals surface area contributed by atoms with Crippen molar-refractivity contribution in [2.24, 2.45) is 5.92 Å². The topological polar surface area (TPSA) is 21.3 Å². The van der Waals surface area contributed by atoms with Crippen molar-refractivity contribution >= 4 is 12.4 Å². The summed E-state index contributed by atoms with van der Waals surface area (Å²) < 4.78 is 5.77. The van der Waals surface area contributed by atoms with E-state index >= 15 is 0 Å². The highest BCUT2D eigenvalue weighted by Gasteiger charge is 2.12. The molecule has 1 heterocycles. The highest BCUT2D eigenvalue weighted by Crippen LogP contribution is 2.13. The second-order valence-electron chi connectivity index (χ2n) is 4.69. The smallest absolute Gasteiger partial charge is 0.0717 e. The van der Waals surface area contributed by atoms with Gasteiger partial charge in [-0.25, -0.2) is 0 Å². The van der Waals surface area contributed by atoms with E-state index in [0.29, 0.717) is 0 Å². The highest BCUT2D eigenvalue weighted by molar-refractivity contribution is 5.85. The van der Waals surface area contributed by atoms with Gasteiger partial charge in [0.1, 0.15) is 0 Å². The number of hydrogen-bond donors (Lipinski definition) is 1. The summed E-state index contributed by atoms with van der Waals surface area (Å²) >= 11 is 0. The van der Waals surface area contributed by atoms with Gasteiger partial charge in [0.25, 0.3) is 0 Å². The lowest BCUT2D eigenvalue weighted by molar-refractivity contribution is 0.0763. The Hall–Kier alpha value is -0.570. The average Bonchev–Trinajstić information content (AvgIpc) is 2.33. The molecule has 0 aromatic heterocycles. The quantitative estimate of drug-likeness (QED) is 0.893. The molecule has 1 N–H and O–H groups in total. The standard InChI is InChI=1S/C14H21NO.ClH/c1-12-2-4-13(5-3-12)10-16-11-14-6-8-15-9-7-14;/h2-5,14-15H,6-11H2,1H3;1H. The minimum Gasteiger partial charge on any atom is -0.376 e. The molecule has 1 fully saturated rings. The summed E-state index contributed by atoms with van der Waals surface area (Å²) in [4.78, 5) is 0. The summed E-state index contributed by atoms with van der Waals surface area (Å²) in [7, 11) is 0. The number of nitrogens with one attached hydrogen (secondary N) is 1. The van der Waals surface area contributed by atoms with E-state index in [4.69, 9.17) is 4.74 Å². The van der Waals surface area contributed by atoms with Crippen molar-refractivity contribution in [1.29, 1.82) is 0 Å². The molecule has 0 unspecified atom stereocenters. The molecule has 1 aliphatic rings. The van der Waals surface area contributed by atoms with Crippen LogP contribution in [0.1, 0.15) is 24.0 Å². The number of ether oxygens (including phenoxy) is 1. The van der Waals surface area contributed by atoms with Gasteiger partial charge in [-0.15, -0.1) is 12.4 Å². The molecule has 0 amide bonds. The van der Waals surface area contributed by atoms with Gasteiger partial charge in [0, 0.05) is 6.61 Å². The lowest BCUT2D eigenvalue weighted by atomic mass is 9.99. The van der Waals surface area contributed by atoms with Crippen molar-refractivity contribution in [2.45, 2.75) is 26.4 Å². The summed E-state index contributed by atoms with van der Waals surface area (Å²) in [6.45, 7) is 6.08. The zero-order chi connectivity index (χ0) is 11.2. The number of piperidine rings is 1. The summed E-state index contributed by atoms with van der Waals surface area (Å²) in [5.41, 5.74) is 2.58. The number of benzene rings is 1. The van der Waals surface area contributed by atoms with E-state index in [1.807, 2.05) is 0 Å². The Balaban J connectivity index is 0.00000144. The van der Waals surface area contributed by atoms with Crippen LogP contribution >= 0.6 is 12.4 Å². The van der Waals surface area contributed by atoms with Crippen LogP contribution in [0, 0.1) is 12.8 Å². The number of halogens is 1. The Morgan fingerprint density at radius 3 is 2.47 bits per heavy atom. The lowest BCUT2D eigenvalue weighted by Crippen LogP contribution is -2.29. The molecule has 0 atom stereocenters. The third-order valence-electron chi connectivity index (χ3n) is 3.20. The van der Waals surface area contributed by atoms with Crippen LogP contribution in [0.25, 0.3) is 0 Å². The van der Waals surface area contributed by atoms with Gasteiger partial charge < -0.3 is 10.1 Å². The van der Waals surface area contributed by atoms with E-state index in [0.717, 1.165) is 32.2 Å². The fourth-order valence-corrected chi connectivity index (χ4v) is 2.08. The second-order valence-corrected chi connectivity index (χ2v) is 4.69. The zero-order valence-corrected chi connectivity index (χ0v) is 11.3. The highest BCUT2D eigenvalue weighted by atomic mass is 35.5. The number of aryl methyl sites for hydroxylation is 1. The fraction of sp³-hybridized carbons (Fsp3) is 0.571. The molecule has 1 aromatic carbocycles. The first kappa shape index (κ1) is 14.5. The van der Waals surface area contributed by atoms with Gasteiger partial charge in [-0.3, -0.25) is 0 Å². The van der Waals surface area contributed by atoms with Gasteiger partial charge in [0.05, 0.1) is 6.61 Å². The van der Waals surface area contributed by atoms with Crippen LogP contribution in [-0.4, -0.2) is 19.7 Å². The lowest BCUT2D eigenvalue weighted by Gasteiger charge is -2.22. The van der Waals surface area contributed by atoms with Gasteiger partial charge in [-0.1, -0.05) is 29.8 Å². The summed E-state index contributed by atoms with van der Waals surface area (Å²) in [5.74, 6) is 0.756. The largest absolute Gasteiger partial charge is 0.376 e. The van der Waals surface area contributed by atoms with Gasteiger partial charge in [-0.2, -0.15) is 0 Å². The molecule has 0 spiro atoms. The Bertz CT molecular complexity index is 307. The molecule has 0 aliphatic carbocycles. The molecule has 1 aliphatic heterocycles. The molecule has 3 heteroatoms. The SMILES string of the molecule is Cc1ccc(COCC2CCNCC2)cc1.Cl. The Morgan fingerprint density at radius 2 is 1.82 bits per heavy atom. The van der Waals surface area contributed by atoms with Gasteiger partial charge in [-0.05, 0) is 44.3 Å². The summed E-state index contributed by atoms with van der Waals surface area (Å²) in [6, 6.07) is 8.59. The van der Waals surface area contributed by atoms with Crippen molar-refractivity contribution in [3.63, 3.8) is 0 Å². The Kier molecular flexibility index (Phi) is 6.56. The van der Waals surface area contributed by atoms with Crippen LogP contribution in [0.15, 0.2) is 24.3 Å². The minimum atomic E-state index is 0. The van der Waals surface area contributed by atoms with E-state index in [2.05, 4.69) is 36.5 Å². The monoisotopic (exact) mass is 255 g/mol. The van der Waals surface area contributed by atoms with Crippen LogP contribution in [-0.2, 0) is 11.3 Å². The van der Waals surface area contributed by atoms with E-state index < -0.39 is 0 Å². The molecule has 0 radical (unpaired) electrons. The van der Waals surface area contributed by atoms with Crippen molar-refractivity contribution < 1.29 is 4.74 Å². The van der Waals surface area contributed by atoms with E-state index in [1.54, 1.807) is 0 Å². The number of rotatable bonds is 4. The predicted octanol–water partition coefficient (Wildman–Crippen LogP) is 2.93. The number of hydrogen-bond acceptors (Lipinski definition) is 2. The van der Waals surface area contributed by atoms with Crippen LogP contribution in [0.4, 0.5) is 0 Å². The van der Waals surface area contributed by atoms with Crippen molar-refractivity contribution in [3.05, 3.63) is 35.4 Å². The molecule has 2 rings (SSSR count). The van der Waals surface area contributed by atoms with Gasteiger partial charge in [0.15, 0.2) is 0 Å². The van der Waals surface area contributed by atoms with Crippen LogP contribution in [0.2, 0.25) is 0 Å². The van der Waals surface area contributed by atoms with Gasteiger partial charge in [0.2, 0.25) is 0 Å². The third kappa shape index (κ3) is 5.07. The van der Waals surface area contributed by atoms with E-state index in [-0.39, 0.29) is 12.4 Å². The van der Waals surface area contributed by atoms with Gasteiger partial charge >= 0.3 is 0 Å². The molecule has 0 saturated carbocycles. The van der Waals surface area contributed by atoms with Crippen molar-refractivity contribution in [1.82, 2.24) is 5.32 Å². The Morgan fingerprint density at radius 1 is 1.18 bits per heavy atom. The maximum Gasteiger partial charge on any atom is 0.0717 e. The molecule has 1 aromatic rings. The van der Waals surface area contributed by atoms with E-state index in [1.165, 1.54) is 24.0 Å². The minimum absolute atomic E-state index is 0. The predicted molar refractivity (Wildman–Crippen MR) is 73.7 cm³/mol. The van der Waals surface area contributed by atoms with E-state index in [9.17, 15) is 0 Å². The Labute approximate surface area is 110 Å². The molecule has 17 heavy (non-hydrogen) atoms. The van der Waals surface area contributed by atoms with Crippen LogP contribution < -0.4 is 5.32 Å². The normalized spacial score (nSPS) is 16.5. The maximum absolute atomic E-state index is 5.77. The molecular formula is C14H22ClNO. The molecular weight excluding hydrogens is 234 g/mol. The summed E-state index contributed by atoms with van der Waals surface area (Å²) in [5, 5.41) is 3.37. The molecule has 1 saturated heterocycles. The third-order valence-corrected chi connectivity index (χ3v) is 3.20. The van der Waals surface area contributed by atoms with Crippen molar-refractivity contribution in [3.8, 4) is 0 Å². The van der Waals surface area contributed by atoms with Crippen molar-refractivity contribution in [2.75, 3.05) is 19.7 Å². The first-order valence-electron chi connectivity index (χ1n) is 6.18. The fourth-order valence-electron chi connectivity index (χ4n) is 2.08. The molecule has 96 valence electrons. The average molecular weight is 256 g/mol. The first-order valence-corrected chi connectivity index (χ1v) is 6.18. The molecule has 2 nitrogen and oxygen atoms in total.